The Morgan fingerprint density at radius 1 is 0.700 bits per heavy atom. The fourth-order valence-corrected chi connectivity index (χ4v) is 6.40. The second-order valence-electron chi connectivity index (χ2n) is 8.90. The zero-order valence-corrected chi connectivity index (χ0v) is 23.9. The third kappa shape index (κ3) is 6.54. The molecule has 0 aliphatic heterocycles. The van der Waals surface area contributed by atoms with E-state index in [4.69, 9.17) is 9.47 Å². The minimum absolute atomic E-state index is 0.00841. The van der Waals surface area contributed by atoms with Crippen molar-refractivity contribution in [1.29, 1.82) is 0 Å². The number of rotatable bonds is 12. The normalized spacial score (nSPS) is 11.7. The van der Waals surface area contributed by atoms with E-state index < -0.39 is 20.0 Å². The summed E-state index contributed by atoms with van der Waals surface area (Å²) < 4.78 is 69.3. The summed E-state index contributed by atoms with van der Waals surface area (Å²) in [6, 6.07) is 20.2. The molecule has 0 aliphatic carbocycles. The van der Waals surface area contributed by atoms with Crippen LogP contribution in [0.3, 0.4) is 0 Å². The highest BCUT2D eigenvalue weighted by Crippen LogP contribution is 2.37. The summed E-state index contributed by atoms with van der Waals surface area (Å²) in [4.78, 5) is 12.2. The van der Waals surface area contributed by atoms with Gasteiger partial charge in [-0.25, -0.2) is 16.8 Å². The van der Waals surface area contributed by atoms with E-state index in [0.717, 1.165) is 0 Å². The first-order chi connectivity index (χ1) is 19.0. The number of hydrogen-bond acceptors (Lipinski definition) is 7. The van der Waals surface area contributed by atoms with Crippen molar-refractivity contribution < 1.29 is 31.1 Å². The Kier molecular flexibility index (Phi) is 8.65. The molecule has 0 saturated carbocycles. The van der Waals surface area contributed by atoms with Gasteiger partial charge in [-0.05, 0) is 80.9 Å². The molecule has 0 bridgehead atoms. The number of fused-ring (bicyclic) bond motifs is 1. The first kappa shape index (κ1) is 28.9. The number of sulfonamides is 2. The summed E-state index contributed by atoms with van der Waals surface area (Å²) >= 11 is 0. The molecule has 4 rings (SSSR count). The van der Waals surface area contributed by atoms with Crippen LogP contribution in [0.15, 0.2) is 88.7 Å². The molecule has 0 aliphatic rings. The molecule has 4 aromatic carbocycles. The lowest BCUT2D eigenvalue weighted by Gasteiger charge is -2.19. The molecule has 0 amide bonds. The van der Waals surface area contributed by atoms with E-state index in [-0.39, 0.29) is 33.4 Å². The van der Waals surface area contributed by atoms with E-state index in [1.54, 1.807) is 48.5 Å². The molecule has 210 valence electrons. The van der Waals surface area contributed by atoms with Gasteiger partial charge in [-0.15, -0.1) is 0 Å². The lowest BCUT2D eigenvalue weighted by Crippen LogP contribution is -2.17. The standard InChI is InChI=1S/C29H30N2O7S2/c1-4-37-22-10-14-24(15-11-22)39(33,34)30-28-19-21(18-20(3)32)29(27-9-7-6-8-26(27)28)31-40(35,36)25-16-12-23(13-17-25)38-5-2/h6-17,19,30-31H,4-5,18H2,1-3H3. The quantitative estimate of drug-likeness (QED) is 0.230. The highest BCUT2D eigenvalue weighted by Gasteiger charge is 2.23. The monoisotopic (exact) mass is 582 g/mol. The number of benzene rings is 4. The van der Waals surface area contributed by atoms with Crippen molar-refractivity contribution in [3.8, 4) is 11.5 Å². The van der Waals surface area contributed by atoms with Crippen LogP contribution in [0, 0.1) is 0 Å². The Hall–Kier alpha value is -4.09. The van der Waals surface area contributed by atoms with Gasteiger partial charge in [0, 0.05) is 17.2 Å². The van der Waals surface area contributed by atoms with Gasteiger partial charge >= 0.3 is 0 Å². The Bertz CT molecular complexity index is 1730. The number of ketones is 1. The molecule has 11 heteroatoms. The second-order valence-corrected chi connectivity index (χ2v) is 12.3. The fraction of sp³-hybridized carbons (Fsp3) is 0.207. The summed E-state index contributed by atoms with van der Waals surface area (Å²) in [6.07, 6.45) is -0.121. The molecule has 0 heterocycles. The molecule has 0 aromatic heterocycles. The molecule has 0 fully saturated rings. The molecule has 0 spiro atoms. The largest absolute Gasteiger partial charge is 0.494 e. The minimum atomic E-state index is -4.06. The smallest absolute Gasteiger partial charge is 0.261 e. The van der Waals surface area contributed by atoms with Gasteiger partial charge in [0.25, 0.3) is 20.0 Å². The van der Waals surface area contributed by atoms with Crippen molar-refractivity contribution in [2.45, 2.75) is 37.0 Å². The third-order valence-electron chi connectivity index (χ3n) is 5.94. The first-order valence-electron chi connectivity index (χ1n) is 12.6. The van der Waals surface area contributed by atoms with Crippen molar-refractivity contribution in [3.63, 3.8) is 0 Å². The van der Waals surface area contributed by atoms with Crippen LogP contribution in [-0.2, 0) is 31.3 Å². The van der Waals surface area contributed by atoms with Gasteiger partial charge in [0.05, 0.1) is 34.4 Å². The van der Waals surface area contributed by atoms with E-state index in [0.29, 0.717) is 41.0 Å². The zero-order valence-electron chi connectivity index (χ0n) is 22.3. The topological polar surface area (TPSA) is 128 Å². The SMILES string of the molecule is CCOc1ccc(S(=O)(=O)Nc2cc(CC(C)=O)c(NS(=O)(=O)c3ccc(OCC)cc3)c3ccccc23)cc1. The van der Waals surface area contributed by atoms with Crippen LogP contribution in [0.5, 0.6) is 11.5 Å². The third-order valence-corrected chi connectivity index (χ3v) is 8.68. The molecule has 0 saturated heterocycles. The van der Waals surface area contributed by atoms with Gasteiger partial charge in [0.2, 0.25) is 0 Å². The Labute approximate surface area is 234 Å². The van der Waals surface area contributed by atoms with Gasteiger partial charge in [-0.3, -0.25) is 14.2 Å². The lowest BCUT2D eigenvalue weighted by molar-refractivity contribution is -0.116. The molecule has 4 aromatic rings. The zero-order chi connectivity index (χ0) is 28.9. The molecule has 2 N–H and O–H groups in total. The highest BCUT2D eigenvalue weighted by atomic mass is 32.2. The molecular formula is C29H30N2O7S2. The summed E-state index contributed by atoms with van der Waals surface area (Å²) in [5, 5.41) is 0.883. The fourth-order valence-electron chi connectivity index (χ4n) is 4.21. The predicted molar refractivity (Wildman–Crippen MR) is 155 cm³/mol. The van der Waals surface area contributed by atoms with Crippen molar-refractivity contribution in [3.05, 3.63) is 84.4 Å². The molecule has 9 nitrogen and oxygen atoms in total. The van der Waals surface area contributed by atoms with Gasteiger partial charge in [-0.2, -0.15) is 0 Å². The number of carbonyl (C=O) groups is 1. The van der Waals surface area contributed by atoms with Crippen molar-refractivity contribution in [1.82, 2.24) is 0 Å². The predicted octanol–water partition coefficient (Wildman–Crippen LogP) is 5.37. The van der Waals surface area contributed by atoms with Gasteiger partial charge in [0.15, 0.2) is 0 Å². The number of Topliss-reactive ketones (excluding diaryl/α,β-unsaturated/α-hetero) is 1. The molecule has 0 atom stereocenters. The summed E-state index contributed by atoms with van der Waals surface area (Å²) in [5.74, 6) is 0.852. The Balaban J connectivity index is 1.78. The molecule has 0 unspecified atom stereocenters. The maximum Gasteiger partial charge on any atom is 0.261 e. The molecule has 40 heavy (non-hydrogen) atoms. The van der Waals surface area contributed by atoms with E-state index in [1.807, 2.05) is 13.8 Å². The summed E-state index contributed by atoms with van der Waals surface area (Å²) in [6.45, 7) is 5.93. The van der Waals surface area contributed by atoms with E-state index in [2.05, 4.69) is 9.44 Å². The summed E-state index contributed by atoms with van der Waals surface area (Å²) in [7, 11) is -8.08. The van der Waals surface area contributed by atoms with Crippen LogP contribution < -0.4 is 18.9 Å². The Morgan fingerprint density at radius 2 is 1.18 bits per heavy atom. The van der Waals surface area contributed by atoms with Crippen LogP contribution in [0.4, 0.5) is 11.4 Å². The molecular weight excluding hydrogens is 552 g/mol. The number of hydrogen-bond donors (Lipinski definition) is 2. The van der Waals surface area contributed by atoms with E-state index >= 15 is 0 Å². The highest BCUT2D eigenvalue weighted by molar-refractivity contribution is 7.93. The number of anilines is 2. The van der Waals surface area contributed by atoms with Crippen LogP contribution in [0.2, 0.25) is 0 Å². The summed E-state index contributed by atoms with van der Waals surface area (Å²) in [5.41, 5.74) is 0.735. The maximum absolute atomic E-state index is 13.4. The van der Waals surface area contributed by atoms with Crippen LogP contribution in [0.1, 0.15) is 26.3 Å². The van der Waals surface area contributed by atoms with Crippen LogP contribution in [0.25, 0.3) is 10.8 Å². The minimum Gasteiger partial charge on any atom is -0.494 e. The average Bonchev–Trinajstić information content (AvgIpc) is 2.91. The average molecular weight is 583 g/mol. The number of ether oxygens (including phenoxy) is 2. The second kappa shape index (κ2) is 12.0. The van der Waals surface area contributed by atoms with Crippen molar-refractivity contribution in [2.75, 3.05) is 22.7 Å². The van der Waals surface area contributed by atoms with E-state index in [1.165, 1.54) is 37.3 Å². The van der Waals surface area contributed by atoms with Gasteiger partial charge in [0.1, 0.15) is 17.3 Å². The Morgan fingerprint density at radius 3 is 1.65 bits per heavy atom. The lowest BCUT2D eigenvalue weighted by atomic mass is 9.99. The number of carbonyl (C=O) groups excluding carboxylic acids is 1. The van der Waals surface area contributed by atoms with Crippen molar-refractivity contribution >= 4 is 48.0 Å². The van der Waals surface area contributed by atoms with Gasteiger partial charge < -0.3 is 9.47 Å². The van der Waals surface area contributed by atoms with Gasteiger partial charge in [-0.1, -0.05) is 24.3 Å². The maximum atomic E-state index is 13.4. The first-order valence-corrected chi connectivity index (χ1v) is 15.6. The molecule has 0 radical (unpaired) electrons. The van der Waals surface area contributed by atoms with Crippen LogP contribution in [-0.4, -0.2) is 35.8 Å². The number of nitrogens with one attached hydrogen (secondary N) is 2. The van der Waals surface area contributed by atoms with E-state index in [9.17, 15) is 21.6 Å². The van der Waals surface area contributed by atoms with Crippen LogP contribution >= 0.6 is 0 Å². The van der Waals surface area contributed by atoms with Crippen molar-refractivity contribution in [2.24, 2.45) is 0 Å².